The van der Waals surface area contributed by atoms with Crippen LogP contribution >= 0.6 is 0 Å². The molecule has 0 fully saturated rings. The largest absolute Gasteiger partial charge is 0.493 e. The molecule has 106 valence electrons. The first-order valence-electron chi connectivity index (χ1n) is 6.87. The van der Waals surface area contributed by atoms with E-state index in [1.165, 1.54) is 18.4 Å². The highest BCUT2D eigenvalue weighted by Gasteiger charge is 2.20. The van der Waals surface area contributed by atoms with E-state index in [0.29, 0.717) is 0 Å². The average molecular weight is 273 g/mol. The summed E-state index contributed by atoms with van der Waals surface area (Å²) in [7, 11) is 3.31. The summed E-state index contributed by atoms with van der Waals surface area (Å²) in [6.45, 7) is 0.979. The first kappa shape index (κ1) is 12.8. The SMILES string of the molecule is COc1cccc(-c2[nH]nc3c2CCCCN3)c1OC. The number of ether oxygens (including phenoxy) is 2. The second-order valence-corrected chi connectivity index (χ2v) is 4.85. The zero-order chi connectivity index (χ0) is 13.9. The fourth-order valence-electron chi connectivity index (χ4n) is 2.70. The Morgan fingerprint density at radius 2 is 2.05 bits per heavy atom. The number of aromatic nitrogens is 2. The summed E-state index contributed by atoms with van der Waals surface area (Å²) in [5, 5.41) is 10.9. The number of nitrogens with one attached hydrogen (secondary N) is 2. The summed E-state index contributed by atoms with van der Waals surface area (Å²) in [5.74, 6) is 2.43. The minimum atomic E-state index is 0.731. The Bertz CT molecular complexity index is 607. The van der Waals surface area contributed by atoms with Gasteiger partial charge in [0.1, 0.15) is 0 Å². The smallest absolute Gasteiger partial charge is 0.170 e. The molecule has 5 heteroatoms. The number of benzene rings is 1. The highest BCUT2D eigenvalue weighted by Crippen LogP contribution is 2.40. The normalized spacial score (nSPS) is 14.1. The van der Waals surface area contributed by atoms with Crippen LogP contribution in [0.2, 0.25) is 0 Å². The van der Waals surface area contributed by atoms with E-state index in [-0.39, 0.29) is 0 Å². The summed E-state index contributed by atoms with van der Waals surface area (Å²) in [6.07, 6.45) is 3.36. The fraction of sp³-hybridized carbons (Fsp3) is 0.400. The minimum absolute atomic E-state index is 0.731. The third-order valence-corrected chi connectivity index (χ3v) is 3.69. The van der Waals surface area contributed by atoms with E-state index in [0.717, 1.165) is 41.5 Å². The molecule has 0 saturated heterocycles. The molecule has 0 aliphatic carbocycles. The van der Waals surface area contributed by atoms with E-state index in [9.17, 15) is 0 Å². The maximum Gasteiger partial charge on any atom is 0.170 e. The van der Waals surface area contributed by atoms with Crippen LogP contribution in [0.4, 0.5) is 5.82 Å². The molecule has 1 aromatic heterocycles. The third-order valence-electron chi connectivity index (χ3n) is 3.69. The number of rotatable bonds is 3. The van der Waals surface area contributed by atoms with Crippen molar-refractivity contribution in [3.63, 3.8) is 0 Å². The number of hydrogen-bond donors (Lipinski definition) is 2. The van der Waals surface area contributed by atoms with E-state index in [1.54, 1.807) is 14.2 Å². The molecule has 3 rings (SSSR count). The molecule has 0 atom stereocenters. The van der Waals surface area contributed by atoms with Gasteiger partial charge in [0.25, 0.3) is 0 Å². The number of anilines is 1. The van der Waals surface area contributed by atoms with Crippen LogP contribution in [-0.4, -0.2) is 31.0 Å². The van der Waals surface area contributed by atoms with E-state index in [2.05, 4.69) is 15.5 Å². The van der Waals surface area contributed by atoms with E-state index >= 15 is 0 Å². The average Bonchev–Trinajstić information content (AvgIpc) is 2.74. The van der Waals surface area contributed by atoms with Gasteiger partial charge in [-0.15, -0.1) is 0 Å². The lowest BCUT2D eigenvalue weighted by molar-refractivity contribution is 0.356. The lowest BCUT2D eigenvalue weighted by atomic mass is 10.0. The van der Waals surface area contributed by atoms with Gasteiger partial charge >= 0.3 is 0 Å². The van der Waals surface area contributed by atoms with Crippen LogP contribution < -0.4 is 14.8 Å². The van der Waals surface area contributed by atoms with Crippen molar-refractivity contribution in [2.45, 2.75) is 19.3 Å². The molecule has 0 saturated carbocycles. The summed E-state index contributed by atoms with van der Waals surface area (Å²) < 4.78 is 10.9. The predicted molar refractivity (Wildman–Crippen MR) is 78.6 cm³/mol. The second-order valence-electron chi connectivity index (χ2n) is 4.85. The monoisotopic (exact) mass is 273 g/mol. The Balaban J connectivity index is 2.12. The van der Waals surface area contributed by atoms with Crippen molar-refractivity contribution in [2.24, 2.45) is 0 Å². The number of aromatic amines is 1. The molecule has 1 aliphatic heterocycles. The molecule has 20 heavy (non-hydrogen) atoms. The number of para-hydroxylation sites is 1. The lowest BCUT2D eigenvalue weighted by Crippen LogP contribution is -1.99. The maximum absolute atomic E-state index is 5.52. The Morgan fingerprint density at radius 3 is 2.85 bits per heavy atom. The standard InChI is InChI=1S/C15H19N3O2/c1-19-12-8-5-7-10(14(12)20-2)13-11-6-3-4-9-16-15(11)18-17-13/h5,7-8H,3-4,6,9H2,1-2H3,(H2,16,17,18). The molecule has 1 aromatic carbocycles. The van der Waals surface area contributed by atoms with Gasteiger partial charge in [0.15, 0.2) is 17.3 Å². The first-order chi connectivity index (χ1) is 9.85. The van der Waals surface area contributed by atoms with Gasteiger partial charge in [-0.1, -0.05) is 6.07 Å². The fourth-order valence-corrected chi connectivity index (χ4v) is 2.70. The Labute approximate surface area is 118 Å². The molecule has 0 spiro atoms. The quantitative estimate of drug-likeness (QED) is 0.902. The molecule has 2 N–H and O–H groups in total. The number of nitrogens with zero attached hydrogens (tertiary/aromatic N) is 1. The zero-order valence-electron chi connectivity index (χ0n) is 11.8. The molecule has 0 bridgehead atoms. The van der Waals surface area contributed by atoms with Gasteiger partial charge < -0.3 is 14.8 Å². The highest BCUT2D eigenvalue weighted by molar-refractivity contribution is 5.76. The summed E-state index contributed by atoms with van der Waals surface area (Å²) in [6, 6.07) is 5.89. The van der Waals surface area contributed by atoms with Gasteiger partial charge in [0.05, 0.1) is 19.9 Å². The zero-order valence-corrected chi connectivity index (χ0v) is 11.8. The van der Waals surface area contributed by atoms with Crippen LogP contribution in [0, 0.1) is 0 Å². The van der Waals surface area contributed by atoms with Gasteiger partial charge in [0.2, 0.25) is 0 Å². The lowest BCUT2D eigenvalue weighted by Gasteiger charge is -2.12. The van der Waals surface area contributed by atoms with Gasteiger partial charge in [-0.2, -0.15) is 5.10 Å². The summed E-state index contributed by atoms with van der Waals surface area (Å²) in [4.78, 5) is 0. The first-order valence-corrected chi connectivity index (χ1v) is 6.87. The van der Waals surface area contributed by atoms with Crippen molar-refractivity contribution < 1.29 is 9.47 Å². The second kappa shape index (κ2) is 5.45. The molecule has 1 aliphatic rings. The van der Waals surface area contributed by atoms with Crippen LogP contribution in [0.25, 0.3) is 11.3 Å². The van der Waals surface area contributed by atoms with Gasteiger partial charge in [0, 0.05) is 17.7 Å². The van der Waals surface area contributed by atoms with Crippen LogP contribution in [0.1, 0.15) is 18.4 Å². The van der Waals surface area contributed by atoms with Crippen molar-refractivity contribution >= 4 is 5.82 Å². The van der Waals surface area contributed by atoms with E-state index < -0.39 is 0 Å². The Morgan fingerprint density at radius 1 is 1.15 bits per heavy atom. The predicted octanol–water partition coefficient (Wildman–Crippen LogP) is 2.84. The van der Waals surface area contributed by atoms with Crippen molar-refractivity contribution in [2.75, 3.05) is 26.1 Å². The van der Waals surface area contributed by atoms with Crippen LogP contribution in [0.15, 0.2) is 18.2 Å². The molecule has 0 radical (unpaired) electrons. The molecule has 5 nitrogen and oxygen atoms in total. The van der Waals surface area contributed by atoms with Gasteiger partial charge in [-0.25, -0.2) is 0 Å². The molecule has 2 heterocycles. The molecule has 2 aromatic rings. The number of fused-ring (bicyclic) bond motifs is 1. The Kier molecular flexibility index (Phi) is 3.50. The van der Waals surface area contributed by atoms with Crippen molar-refractivity contribution in [1.29, 1.82) is 0 Å². The van der Waals surface area contributed by atoms with Crippen LogP contribution in [0.3, 0.4) is 0 Å². The van der Waals surface area contributed by atoms with Gasteiger partial charge in [-0.3, -0.25) is 5.10 Å². The van der Waals surface area contributed by atoms with E-state index in [4.69, 9.17) is 9.47 Å². The van der Waals surface area contributed by atoms with Crippen LogP contribution in [0.5, 0.6) is 11.5 Å². The van der Waals surface area contributed by atoms with E-state index in [1.807, 2.05) is 18.2 Å². The molecule has 0 amide bonds. The van der Waals surface area contributed by atoms with Crippen molar-refractivity contribution in [3.8, 4) is 22.8 Å². The molecular formula is C15H19N3O2. The van der Waals surface area contributed by atoms with Crippen LogP contribution in [-0.2, 0) is 6.42 Å². The Hall–Kier alpha value is -2.17. The van der Waals surface area contributed by atoms with Crippen molar-refractivity contribution in [3.05, 3.63) is 23.8 Å². The number of methoxy groups -OCH3 is 2. The molecular weight excluding hydrogens is 254 g/mol. The topological polar surface area (TPSA) is 59.2 Å². The minimum Gasteiger partial charge on any atom is -0.493 e. The van der Waals surface area contributed by atoms with Crippen molar-refractivity contribution in [1.82, 2.24) is 10.2 Å². The maximum atomic E-state index is 5.52. The number of hydrogen-bond acceptors (Lipinski definition) is 4. The summed E-state index contributed by atoms with van der Waals surface area (Å²) in [5.41, 5.74) is 3.24. The summed E-state index contributed by atoms with van der Waals surface area (Å²) >= 11 is 0. The molecule has 0 unspecified atom stereocenters. The van der Waals surface area contributed by atoms with Gasteiger partial charge in [-0.05, 0) is 31.4 Å². The highest BCUT2D eigenvalue weighted by atomic mass is 16.5. The third kappa shape index (κ3) is 2.09. The number of H-pyrrole nitrogens is 1.